The number of hydrogen-bond donors (Lipinski definition) is 0. The maximum atomic E-state index is 2.51. The fraction of sp³-hybridized carbons (Fsp3) is 0.128. The summed E-state index contributed by atoms with van der Waals surface area (Å²) in [6, 6.07) is 91.1. The van der Waals surface area contributed by atoms with Crippen molar-refractivity contribution < 1.29 is 0 Å². The first-order chi connectivity index (χ1) is 39.0. The van der Waals surface area contributed by atoms with Crippen LogP contribution in [0.5, 0.6) is 0 Å². The zero-order valence-corrected chi connectivity index (χ0v) is 47.1. The van der Waals surface area contributed by atoms with E-state index in [1.807, 2.05) is 0 Å². The van der Waals surface area contributed by atoms with Gasteiger partial charge in [0.25, 0.3) is 0 Å². The lowest BCUT2D eigenvalue weighted by atomic mass is 9.65. The van der Waals surface area contributed by atoms with E-state index in [9.17, 15) is 0 Å². The highest BCUT2D eigenvalue weighted by molar-refractivity contribution is 6.33. The van der Waals surface area contributed by atoms with Crippen molar-refractivity contribution in [1.29, 1.82) is 0 Å². The molecule has 0 spiro atoms. The summed E-state index contributed by atoms with van der Waals surface area (Å²) in [5.74, 6) is 0.754. The minimum absolute atomic E-state index is 0.377. The number of benzene rings is 12. The zero-order valence-electron chi connectivity index (χ0n) is 47.1. The van der Waals surface area contributed by atoms with Gasteiger partial charge < -0.3 is 9.80 Å². The molecular weight excluding hydrogens is 965 g/mol. The molecule has 0 unspecified atom stereocenters. The summed E-state index contributed by atoms with van der Waals surface area (Å²) < 4.78 is 0. The molecule has 0 saturated carbocycles. The first kappa shape index (κ1) is 50.3. The summed E-state index contributed by atoms with van der Waals surface area (Å²) in [6.45, 7) is 18.1. The summed E-state index contributed by atoms with van der Waals surface area (Å²) in [5.41, 5.74) is 29.5. The smallest absolute Gasteiger partial charge is 0.0493 e. The zero-order chi connectivity index (χ0) is 54.8. The van der Waals surface area contributed by atoms with Crippen LogP contribution in [-0.4, -0.2) is 0 Å². The molecule has 0 N–H and O–H groups in total. The molecule has 12 aromatic carbocycles. The van der Waals surface area contributed by atoms with Crippen molar-refractivity contribution in [3.05, 3.63) is 276 Å². The van der Waals surface area contributed by atoms with Crippen LogP contribution in [0.1, 0.15) is 72.9 Å². The minimum Gasteiger partial charge on any atom is -0.310 e. The van der Waals surface area contributed by atoms with Crippen molar-refractivity contribution >= 4 is 55.7 Å². The molecule has 13 rings (SSSR count). The number of anilines is 6. The Morgan fingerprint density at radius 2 is 0.525 bits per heavy atom. The predicted molar refractivity (Wildman–Crippen MR) is 344 cm³/mol. The normalized spacial score (nSPS) is 11.7. The lowest BCUT2D eigenvalue weighted by Crippen LogP contribution is -2.14. The Morgan fingerprint density at radius 1 is 0.237 bits per heavy atom. The third-order valence-corrected chi connectivity index (χ3v) is 16.8. The van der Waals surface area contributed by atoms with Crippen molar-refractivity contribution in [3.8, 4) is 66.8 Å². The highest BCUT2D eigenvalue weighted by Crippen LogP contribution is 2.66. The van der Waals surface area contributed by atoms with Gasteiger partial charge in [-0.2, -0.15) is 0 Å². The summed E-state index contributed by atoms with van der Waals surface area (Å²) >= 11 is 0. The van der Waals surface area contributed by atoms with E-state index in [1.165, 1.54) is 144 Å². The molecule has 80 heavy (non-hydrogen) atoms. The molecule has 0 aromatic heterocycles. The highest BCUT2D eigenvalue weighted by Gasteiger charge is 2.39. The van der Waals surface area contributed by atoms with Crippen molar-refractivity contribution in [1.82, 2.24) is 0 Å². The number of fused-ring (bicyclic) bond motifs is 6. The van der Waals surface area contributed by atoms with Gasteiger partial charge in [0.1, 0.15) is 0 Å². The first-order valence-corrected chi connectivity index (χ1v) is 28.5. The second-order valence-corrected chi connectivity index (χ2v) is 22.6. The molecule has 0 bridgehead atoms. The molecule has 12 aromatic rings. The van der Waals surface area contributed by atoms with E-state index in [1.54, 1.807) is 0 Å². The van der Waals surface area contributed by atoms with Crippen molar-refractivity contribution in [2.75, 3.05) is 9.80 Å². The van der Waals surface area contributed by atoms with Gasteiger partial charge in [-0.05, 0) is 210 Å². The van der Waals surface area contributed by atoms with E-state index in [0.29, 0.717) is 11.8 Å². The van der Waals surface area contributed by atoms with Crippen LogP contribution in [0.4, 0.5) is 34.1 Å². The predicted octanol–water partition coefficient (Wildman–Crippen LogP) is 22.7. The van der Waals surface area contributed by atoms with Gasteiger partial charge in [0.2, 0.25) is 0 Å². The summed E-state index contributed by atoms with van der Waals surface area (Å²) in [7, 11) is 0. The molecule has 0 atom stereocenters. The lowest BCUT2D eigenvalue weighted by Gasteiger charge is -2.38. The molecule has 0 saturated heterocycles. The molecule has 1 aliphatic rings. The number of nitrogens with zero attached hydrogens (tertiary/aromatic N) is 2. The van der Waals surface area contributed by atoms with Gasteiger partial charge >= 0.3 is 0 Å². The lowest BCUT2D eigenvalue weighted by molar-refractivity contribution is 0.865. The first-order valence-electron chi connectivity index (χ1n) is 28.5. The second-order valence-electron chi connectivity index (χ2n) is 22.6. The van der Waals surface area contributed by atoms with Crippen LogP contribution in [0, 0.1) is 27.7 Å². The molecule has 0 fully saturated rings. The summed E-state index contributed by atoms with van der Waals surface area (Å²) in [6.07, 6.45) is 0. The van der Waals surface area contributed by atoms with E-state index in [0.717, 1.165) is 11.4 Å². The van der Waals surface area contributed by atoms with E-state index in [-0.39, 0.29) is 0 Å². The number of hydrogen-bond acceptors (Lipinski definition) is 2. The van der Waals surface area contributed by atoms with Crippen LogP contribution < -0.4 is 9.80 Å². The van der Waals surface area contributed by atoms with Crippen LogP contribution in [0.15, 0.2) is 243 Å². The fourth-order valence-corrected chi connectivity index (χ4v) is 12.7. The monoisotopic (exact) mass is 1030 g/mol. The third kappa shape index (κ3) is 8.50. The van der Waals surface area contributed by atoms with Gasteiger partial charge in [0.15, 0.2) is 0 Å². The average Bonchev–Trinajstić information content (AvgIpc) is 3.00. The molecular formula is C78H66N2. The molecule has 2 heteroatoms. The Kier molecular flexibility index (Phi) is 12.9. The maximum Gasteiger partial charge on any atom is 0.0493 e. The summed E-state index contributed by atoms with van der Waals surface area (Å²) in [4.78, 5) is 5.02. The quantitative estimate of drug-likeness (QED) is 0.120. The topological polar surface area (TPSA) is 6.48 Å². The maximum absolute atomic E-state index is 2.51. The Balaban J connectivity index is 1.19. The van der Waals surface area contributed by atoms with Gasteiger partial charge in [-0.3, -0.25) is 0 Å². The minimum atomic E-state index is 0.377. The van der Waals surface area contributed by atoms with Gasteiger partial charge in [-0.1, -0.05) is 222 Å². The fourth-order valence-electron chi connectivity index (χ4n) is 12.7. The van der Waals surface area contributed by atoms with Crippen LogP contribution in [0.25, 0.3) is 88.3 Å². The largest absolute Gasteiger partial charge is 0.310 e. The Labute approximate surface area is 472 Å². The van der Waals surface area contributed by atoms with Gasteiger partial charge in [-0.15, -0.1) is 0 Å². The molecule has 0 aliphatic heterocycles. The Hall–Kier alpha value is -9.24. The van der Waals surface area contributed by atoms with Crippen LogP contribution in [0.2, 0.25) is 0 Å². The van der Waals surface area contributed by atoms with Crippen molar-refractivity contribution in [2.45, 2.75) is 67.2 Å². The number of rotatable bonds is 12. The Morgan fingerprint density at radius 3 is 0.838 bits per heavy atom. The number of para-hydroxylation sites is 2. The second kappa shape index (κ2) is 20.5. The van der Waals surface area contributed by atoms with E-state index in [4.69, 9.17) is 0 Å². The molecule has 0 radical (unpaired) electrons. The average molecular weight is 1030 g/mol. The highest BCUT2D eigenvalue weighted by atomic mass is 15.2. The van der Waals surface area contributed by atoms with Crippen LogP contribution in [-0.2, 0) is 0 Å². The Bertz CT molecular complexity index is 4030. The standard InChI is InChI=1S/C78H66N2/c1-49(2)59-39-37-53(7)69(45-59)79(67-35-23-21-25-51(67)5)61-41-43-63-65(47-61)73(57-31-17-11-18-32-57)77-75(71(63)55-27-13-9-14-28-55)78-74(58-33-19-12-20-34-58)66-48-62(42-44-64(66)72(76(77)78)56-29-15-10-16-30-56)80(68-36-24-22-26-52(68)6)70-46-60(50(3)4)40-38-54(70)8/h9-50H,1-8H3. The van der Waals surface area contributed by atoms with Crippen LogP contribution >= 0.6 is 0 Å². The van der Waals surface area contributed by atoms with E-state index < -0.39 is 0 Å². The number of aryl methyl sites for hydroxylation is 4. The molecule has 0 heterocycles. The summed E-state index contributed by atoms with van der Waals surface area (Å²) in [5, 5.41) is 4.88. The van der Waals surface area contributed by atoms with Gasteiger partial charge in [0.05, 0.1) is 0 Å². The SMILES string of the molecule is Cc1ccccc1N(c1ccc2c(-c3ccccc3)c3c(c(-c4ccccc4)c2c1)-c1c-3c(-c2ccccc2)c2cc(N(c3ccccc3C)c3cc(C(C)C)ccc3C)ccc2c1-c1ccccc1)c1cc(C(C)C)ccc1C. The molecule has 0 amide bonds. The van der Waals surface area contributed by atoms with Crippen LogP contribution in [0.3, 0.4) is 0 Å². The van der Waals surface area contributed by atoms with Crippen molar-refractivity contribution in [2.24, 2.45) is 0 Å². The van der Waals surface area contributed by atoms with E-state index >= 15 is 0 Å². The van der Waals surface area contributed by atoms with Crippen molar-refractivity contribution in [3.63, 3.8) is 0 Å². The van der Waals surface area contributed by atoms with Gasteiger partial charge in [-0.25, -0.2) is 0 Å². The van der Waals surface area contributed by atoms with E-state index in [2.05, 4.69) is 308 Å². The molecule has 1 aliphatic carbocycles. The molecule has 388 valence electrons. The molecule has 2 nitrogen and oxygen atoms in total. The van der Waals surface area contributed by atoms with Gasteiger partial charge in [0, 0.05) is 34.1 Å². The third-order valence-electron chi connectivity index (χ3n) is 16.8.